The van der Waals surface area contributed by atoms with Crippen LogP contribution in [0, 0.1) is 0 Å². The Kier molecular flexibility index (Phi) is 42.1. The Morgan fingerprint density at radius 3 is 1.08 bits per heavy atom. The summed E-state index contributed by atoms with van der Waals surface area (Å²) in [4.78, 5) is 19.1. The monoisotopic (exact) mass is 828 g/mol. The molecule has 0 spiro atoms. The number of hydrogen-bond donors (Lipinski definition) is 2. The van der Waals surface area contributed by atoms with Gasteiger partial charge >= 0.3 is 11.9 Å². The third-order valence-corrected chi connectivity index (χ3v) is 0.368. The molecule has 8 heteroatoms. The smallest absolute Gasteiger partial charge is 0.328 e. The van der Waals surface area contributed by atoms with Gasteiger partial charge in [0, 0.05) is 77.6 Å². The van der Waals surface area contributed by atoms with E-state index in [-0.39, 0.29) is 65.4 Å². The van der Waals surface area contributed by atoms with Gasteiger partial charge in [0.05, 0.1) is 0 Å². The van der Waals surface area contributed by atoms with Crippen LogP contribution in [0.4, 0.5) is 0 Å². The minimum Gasteiger partial charge on any atom is -0.478 e. The van der Waals surface area contributed by atoms with Crippen LogP contribution in [-0.2, 0) is 75.0 Å². The molecule has 4 nitrogen and oxygen atoms in total. The van der Waals surface area contributed by atoms with Crippen LogP contribution in [0.3, 0.4) is 0 Å². The van der Waals surface area contributed by atoms with Crippen molar-refractivity contribution in [3.63, 3.8) is 0 Å². The van der Waals surface area contributed by atoms with Gasteiger partial charge in [-0.3, -0.25) is 0 Å². The second kappa shape index (κ2) is 16.5. The van der Waals surface area contributed by atoms with Crippen LogP contribution < -0.4 is 0 Å². The molecule has 0 aromatic carbocycles. The first-order valence-corrected chi connectivity index (χ1v) is 1.77. The van der Waals surface area contributed by atoms with Crippen LogP contribution in [0.1, 0.15) is 0 Å². The molecule has 0 unspecified atom stereocenters. The maximum atomic E-state index is 9.55. The van der Waals surface area contributed by atoms with Crippen molar-refractivity contribution in [2.24, 2.45) is 0 Å². The van der Waals surface area contributed by atoms with Gasteiger partial charge in [-0.05, 0) is 0 Å². The summed E-state index contributed by atoms with van der Waals surface area (Å²) in [6.45, 7) is 0. The molecule has 0 aliphatic heterocycles. The SMILES string of the molecule is O=C(O)/C=C/C(=O)O.[Rf].[Rf].[Y].[Y]. The maximum Gasteiger partial charge on any atom is 0.328 e. The fourth-order valence-corrected chi connectivity index (χ4v) is 0.143. The Labute approximate surface area is 108 Å². The largest absolute Gasteiger partial charge is 0.478 e. The Hall–Kier alpha value is -1.11. The molecule has 0 saturated carbocycles. The van der Waals surface area contributed by atoms with Gasteiger partial charge in [-0.15, -0.1) is 0 Å². The number of carboxylic acids is 2. The molecule has 0 rings (SSSR count). The van der Waals surface area contributed by atoms with Crippen LogP contribution in [0.2, 0.25) is 0 Å². The zero-order valence-electron chi connectivity index (χ0n) is 6.43. The topological polar surface area (TPSA) is 74.6 Å². The molecule has 0 bridgehead atoms. The average Bonchev–Trinajstić information content (AvgIpc) is 1.61. The normalized spacial score (nSPS) is 6.33. The summed E-state index contributed by atoms with van der Waals surface area (Å²) in [6, 6.07) is 0. The van der Waals surface area contributed by atoms with Gasteiger partial charge in [0.2, 0.25) is 0 Å². The average molecular weight is 828 g/mol. The van der Waals surface area contributed by atoms with E-state index in [1.54, 1.807) is 0 Å². The number of hydrogen-bond acceptors (Lipinski definition) is 2. The van der Waals surface area contributed by atoms with Crippen LogP contribution in [0.25, 0.3) is 0 Å². The molecule has 0 aliphatic rings. The molecule has 2 N–H and O–H groups in total. The summed E-state index contributed by atoms with van der Waals surface area (Å²) in [6.07, 6.45) is 1.12. The van der Waals surface area contributed by atoms with E-state index < -0.39 is 11.9 Å². The molecule has 54 valence electrons. The van der Waals surface area contributed by atoms with Crippen molar-refractivity contribution in [3.05, 3.63) is 12.2 Å². The first-order valence-electron chi connectivity index (χ1n) is 1.77. The van der Waals surface area contributed by atoms with E-state index in [0.29, 0.717) is 12.2 Å². The van der Waals surface area contributed by atoms with Crippen molar-refractivity contribution >= 4 is 11.9 Å². The molecule has 0 aliphatic carbocycles. The summed E-state index contributed by atoms with van der Waals surface area (Å²) in [5.41, 5.74) is 0. The fraction of sp³-hybridized carbons (Fsp3) is 0. The van der Waals surface area contributed by atoms with Gasteiger partial charge in [-0.25, -0.2) is 9.59 Å². The molecule has 0 heterocycles. The Balaban J connectivity index is -0.0000000408. The van der Waals surface area contributed by atoms with E-state index in [1.807, 2.05) is 0 Å². The Bertz CT molecular complexity index is 134. The second-order valence-corrected chi connectivity index (χ2v) is 1.01. The molecule has 0 atom stereocenters. The third kappa shape index (κ3) is 36.6. The molecule has 2 radical (unpaired) electrons. The second-order valence-electron chi connectivity index (χ2n) is 1.01. The van der Waals surface area contributed by atoms with E-state index in [1.165, 1.54) is 0 Å². The van der Waals surface area contributed by atoms with Gasteiger partial charge in [0.15, 0.2) is 0 Å². The van der Waals surface area contributed by atoms with Crippen molar-refractivity contribution in [2.45, 2.75) is 0 Å². The van der Waals surface area contributed by atoms with E-state index in [0.717, 1.165) is 0 Å². The van der Waals surface area contributed by atoms with Gasteiger partial charge in [0.1, 0.15) is 0 Å². The van der Waals surface area contributed by atoms with Gasteiger partial charge in [0.25, 0.3) is 0 Å². The van der Waals surface area contributed by atoms with Crippen LogP contribution >= 0.6 is 0 Å². The number of carboxylic acid groups (broad SMARTS) is 2. The third-order valence-electron chi connectivity index (χ3n) is 0.368. The summed E-state index contributed by atoms with van der Waals surface area (Å²) in [5, 5.41) is 15.6. The molecule has 0 fully saturated rings. The molecular formula is C4H4O4Rf2Y2. The first-order chi connectivity index (χ1) is 3.63. The molecule has 0 saturated heterocycles. The Morgan fingerprint density at radius 2 is 1.00 bits per heavy atom. The zero-order valence-corrected chi connectivity index (χ0v) is 24.9. The first kappa shape index (κ1) is 30.7. The maximum absolute atomic E-state index is 9.55. The molecule has 0 aromatic rings. The minimum absolute atomic E-state index is 0. The van der Waals surface area contributed by atoms with E-state index in [9.17, 15) is 9.59 Å². The van der Waals surface area contributed by atoms with Crippen molar-refractivity contribution in [1.29, 1.82) is 0 Å². The van der Waals surface area contributed by atoms with Gasteiger partial charge < -0.3 is 10.2 Å². The predicted octanol–water partition coefficient (Wildman–Crippen LogP) is -0.293. The summed E-state index contributed by atoms with van der Waals surface area (Å²) < 4.78 is 0. The van der Waals surface area contributed by atoms with Gasteiger partial charge in [-0.2, -0.15) is 0 Å². The van der Waals surface area contributed by atoms with Gasteiger partial charge in [-0.1, -0.05) is 0 Å². The quantitative estimate of drug-likeness (QED) is 0.376. The number of rotatable bonds is 2. The van der Waals surface area contributed by atoms with Crippen molar-refractivity contribution in [1.82, 2.24) is 0 Å². The molecule has 0 aromatic heterocycles. The van der Waals surface area contributed by atoms with Crippen LogP contribution in [0.15, 0.2) is 12.2 Å². The summed E-state index contributed by atoms with van der Waals surface area (Å²) >= 11 is 0. The van der Waals surface area contributed by atoms with Crippen LogP contribution in [0.5, 0.6) is 0 Å². The zero-order chi connectivity index (χ0) is 6.57. The number of carbonyl (C=O) groups is 2. The molecule has 0 amide bonds. The van der Waals surface area contributed by atoms with E-state index in [4.69, 9.17) is 10.2 Å². The van der Waals surface area contributed by atoms with Crippen molar-refractivity contribution in [3.8, 4) is 0 Å². The summed E-state index contributed by atoms with van der Waals surface area (Å²) in [5.74, 6) is -2.51. The standard InChI is InChI=1S/C4H4O4.2Rf.2Y/c5-3(6)1-2-4(7)8;;;;/h1-2H,(H,5,6)(H,7,8);;;;/b2-1+;;;;. The molecule has 12 heavy (non-hydrogen) atoms. The molecular weight excluding hydrogens is 824 g/mol. The van der Waals surface area contributed by atoms with E-state index >= 15 is 0 Å². The number of aliphatic carboxylic acids is 2. The minimum atomic E-state index is -1.26. The van der Waals surface area contributed by atoms with E-state index in [2.05, 4.69) is 0 Å². The Morgan fingerprint density at radius 1 is 0.833 bits per heavy atom. The predicted molar refractivity (Wildman–Crippen MR) is 24.4 cm³/mol. The van der Waals surface area contributed by atoms with Crippen LogP contribution in [-0.4, -0.2) is 22.2 Å². The van der Waals surface area contributed by atoms with Crippen molar-refractivity contribution in [2.75, 3.05) is 0 Å². The fourth-order valence-electron chi connectivity index (χ4n) is 0.143. The summed E-state index contributed by atoms with van der Waals surface area (Å²) in [7, 11) is 0. The van der Waals surface area contributed by atoms with Crippen molar-refractivity contribution < 1.29 is 85.2 Å².